The van der Waals surface area contributed by atoms with Crippen molar-refractivity contribution in [2.24, 2.45) is 0 Å². The van der Waals surface area contributed by atoms with E-state index in [4.69, 9.17) is 5.11 Å². The van der Waals surface area contributed by atoms with Crippen molar-refractivity contribution in [3.05, 3.63) is 52.0 Å². The average Bonchev–Trinajstić information content (AvgIpc) is 3.08. The molecule has 2 amide bonds. The quantitative estimate of drug-likeness (QED) is 0.683. The first-order chi connectivity index (χ1) is 11.6. The van der Waals surface area contributed by atoms with Crippen LogP contribution in [0.5, 0.6) is 0 Å². The van der Waals surface area contributed by atoms with Crippen LogP contribution in [0.1, 0.15) is 55.0 Å². The van der Waals surface area contributed by atoms with Gasteiger partial charge in [0.2, 0.25) is 0 Å². The van der Waals surface area contributed by atoms with Crippen molar-refractivity contribution in [3.8, 4) is 0 Å². The highest BCUT2D eigenvalue weighted by molar-refractivity contribution is 7.09. The standard InChI is InChI=1S/C18H25N3O2S/c1-3-17-20-16(12-24-17)13(2)19-18(23)21-15(10-7-11-22)14-8-5-4-6-9-14/h4-6,8-9,12-13,15,22H,3,7,10-11H2,1-2H3,(H2,19,21,23). The molecule has 0 bridgehead atoms. The van der Waals surface area contributed by atoms with E-state index in [1.165, 1.54) is 0 Å². The summed E-state index contributed by atoms with van der Waals surface area (Å²) in [6, 6.07) is 9.33. The Kier molecular flexibility index (Phi) is 7.21. The van der Waals surface area contributed by atoms with Gasteiger partial charge in [-0.15, -0.1) is 11.3 Å². The molecular weight excluding hydrogens is 322 g/mol. The maximum atomic E-state index is 12.3. The number of rotatable bonds is 8. The van der Waals surface area contributed by atoms with Crippen molar-refractivity contribution in [2.45, 2.75) is 45.2 Å². The molecule has 130 valence electrons. The lowest BCUT2D eigenvalue weighted by molar-refractivity contribution is 0.230. The first-order valence-corrected chi connectivity index (χ1v) is 9.19. The second kappa shape index (κ2) is 9.39. The van der Waals surface area contributed by atoms with Gasteiger partial charge in [-0.1, -0.05) is 37.3 Å². The van der Waals surface area contributed by atoms with Crippen LogP contribution in [0, 0.1) is 0 Å². The molecule has 3 N–H and O–H groups in total. The molecule has 24 heavy (non-hydrogen) atoms. The minimum atomic E-state index is -0.222. The number of aromatic nitrogens is 1. The highest BCUT2D eigenvalue weighted by atomic mass is 32.1. The second-order valence-electron chi connectivity index (χ2n) is 5.69. The fourth-order valence-corrected chi connectivity index (χ4v) is 3.30. The fraction of sp³-hybridized carbons (Fsp3) is 0.444. The molecule has 2 atom stereocenters. The van der Waals surface area contributed by atoms with Crippen LogP contribution >= 0.6 is 11.3 Å². The molecule has 0 saturated heterocycles. The van der Waals surface area contributed by atoms with Gasteiger partial charge in [-0.3, -0.25) is 0 Å². The van der Waals surface area contributed by atoms with Crippen molar-refractivity contribution in [1.82, 2.24) is 15.6 Å². The van der Waals surface area contributed by atoms with E-state index in [0.29, 0.717) is 12.8 Å². The highest BCUT2D eigenvalue weighted by Crippen LogP contribution is 2.19. The molecular formula is C18H25N3O2S. The van der Waals surface area contributed by atoms with E-state index < -0.39 is 0 Å². The van der Waals surface area contributed by atoms with Gasteiger partial charge in [0.1, 0.15) is 0 Å². The molecule has 1 aromatic heterocycles. The Bertz CT molecular complexity index is 630. The lowest BCUT2D eigenvalue weighted by atomic mass is 10.0. The summed E-state index contributed by atoms with van der Waals surface area (Å²) in [4.78, 5) is 16.9. The molecule has 1 heterocycles. The number of amides is 2. The SMILES string of the molecule is CCc1nc(C(C)NC(=O)NC(CCCO)c2ccccc2)cs1. The number of nitrogens with one attached hydrogen (secondary N) is 2. The number of hydrogen-bond acceptors (Lipinski definition) is 4. The second-order valence-corrected chi connectivity index (χ2v) is 6.63. The number of nitrogens with zero attached hydrogens (tertiary/aromatic N) is 1. The fourth-order valence-electron chi connectivity index (χ4n) is 2.46. The number of aliphatic hydroxyl groups excluding tert-OH is 1. The van der Waals surface area contributed by atoms with Gasteiger partial charge in [-0.25, -0.2) is 9.78 Å². The Morgan fingerprint density at radius 2 is 2.04 bits per heavy atom. The van der Waals surface area contributed by atoms with Crippen LogP contribution in [0.25, 0.3) is 0 Å². The van der Waals surface area contributed by atoms with Crippen LogP contribution in [0.3, 0.4) is 0 Å². The van der Waals surface area contributed by atoms with Crippen LogP contribution in [-0.2, 0) is 6.42 Å². The van der Waals surface area contributed by atoms with Crippen molar-refractivity contribution >= 4 is 17.4 Å². The Labute approximate surface area is 147 Å². The van der Waals surface area contributed by atoms with Gasteiger partial charge in [0.15, 0.2) is 0 Å². The number of aryl methyl sites for hydroxylation is 1. The number of aliphatic hydroxyl groups is 1. The van der Waals surface area contributed by atoms with Crippen LogP contribution < -0.4 is 10.6 Å². The summed E-state index contributed by atoms with van der Waals surface area (Å²) in [5, 5.41) is 18.1. The van der Waals surface area contributed by atoms with Crippen molar-refractivity contribution in [1.29, 1.82) is 0 Å². The highest BCUT2D eigenvalue weighted by Gasteiger charge is 2.17. The maximum Gasteiger partial charge on any atom is 0.315 e. The molecule has 2 aromatic rings. The summed E-state index contributed by atoms with van der Waals surface area (Å²) in [5.41, 5.74) is 1.93. The van der Waals surface area contributed by atoms with Crippen LogP contribution in [0.2, 0.25) is 0 Å². The largest absolute Gasteiger partial charge is 0.396 e. The van der Waals surface area contributed by atoms with E-state index >= 15 is 0 Å². The summed E-state index contributed by atoms with van der Waals surface area (Å²) >= 11 is 1.62. The van der Waals surface area contributed by atoms with Crippen LogP contribution in [-0.4, -0.2) is 22.7 Å². The molecule has 2 unspecified atom stereocenters. The lowest BCUT2D eigenvalue weighted by Crippen LogP contribution is -2.39. The topological polar surface area (TPSA) is 74.2 Å². The number of benzene rings is 1. The van der Waals surface area contributed by atoms with Gasteiger partial charge in [-0.05, 0) is 31.7 Å². The molecule has 0 radical (unpaired) electrons. The maximum absolute atomic E-state index is 12.3. The predicted octanol–water partition coefficient (Wildman–Crippen LogP) is 3.58. The Morgan fingerprint density at radius 1 is 1.29 bits per heavy atom. The van der Waals surface area contributed by atoms with Gasteiger partial charge in [0, 0.05) is 12.0 Å². The summed E-state index contributed by atoms with van der Waals surface area (Å²) in [5.74, 6) is 0. The van der Waals surface area contributed by atoms with Gasteiger partial charge in [0.25, 0.3) is 0 Å². The summed E-state index contributed by atoms with van der Waals surface area (Å²) in [6.07, 6.45) is 2.24. The monoisotopic (exact) mass is 347 g/mol. The van der Waals surface area contributed by atoms with Gasteiger partial charge in [-0.2, -0.15) is 0 Å². The predicted molar refractivity (Wildman–Crippen MR) is 97.1 cm³/mol. The zero-order chi connectivity index (χ0) is 17.4. The van der Waals surface area contributed by atoms with E-state index in [-0.39, 0.29) is 24.7 Å². The Balaban J connectivity index is 1.96. The summed E-state index contributed by atoms with van der Waals surface area (Å²) < 4.78 is 0. The molecule has 0 spiro atoms. The molecule has 5 nitrogen and oxygen atoms in total. The van der Waals surface area contributed by atoms with Crippen molar-refractivity contribution in [2.75, 3.05) is 6.61 Å². The van der Waals surface area contributed by atoms with E-state index in [0.717, 1.165) is 22.7 Å². The molecule has 0 aliphatic rings. The number of urea groups is 1. The minimum absolute atomic E-state index is 0.113. The zero-order valence-corrected chi connectivity index (χ0v) is 15.0. The first kappa shape index (κ1) is 18.4. The first-order valence-electron chi connectivity index (χ1n) is 8.31. The number of hydrogen-bond donors (Lipinski definition) is 3. The molecule has 0 aliphatic heterocycles. The third kappa shape index (κ3) is 5.32. The van der Waals surface area contributed by atoms with E-state index in [1.54, 1.807) is 11.3 Å². The smallest absolute Gasteiger partial charge is 0.315 e. The normalized spacial score (nSPS) is 13.3. The molecule has 6 heteroatoms. The van der Waals surface area contributed by atoms with E-state index in [2.05, 4.69) is 22.5 Å². The van der Waals surface area contributed by atoms with Gasteiger partial charge >= 0.3 is 6.03 Å². The molecule has 1 aromatic carbocycles. The molecule has 2 rings (SSSR count). The third-order valence-electron chi connectivity index (χ3n) is 3.82. The van der Waals surface area contributed by atoms with Crippen molar-refractivity contribution in [3.63, 3.8) is 0 Å². The molecule has 0 aliphatic carbocycles. The van der Waals surface area contributed by atoms with E-state index in [9.17, 15) is 4.79 Å². The Hall–Kier alpha value is -1.92. The van der Waals surface area contributed by atoms with Crippen molar-refractivity contribution < 1.29 is 9.90 Å². The lowest BCUT2D eigenvalue weighted by Gasteiger charge is -2.21. The molecule has 0 saturated carbocycles. The number of carbonyl (C=O) groups excluding carboxylic acids is 1. The van der Waals surface area contributed by atoms with Gasteiger partial charge < -0.3 is 15.7 Å². The van der Waals surface area contributed by atoms with E-state index in [1.807, 2.05) is 42.6 Å². The van der Waals surface area contributed by atoms with Gasteiger partial charge in [0.05, 0.1) is 22.8 Å². The zero-order valence-electron chi connectivity index (χ0n) is 14.2. The van der Waals surface area contributed by atoms with Crippen LogP contribution in [0.4, 0.5) is 4.79 Å². The summed E-state index contributed by atoms with van der Waals surface area (Å²) in [6.45, 7) is 4.11. The molecule has 0 fully saturated rings. The minimum Gasteiger partial charge on any atom is -0.396 e. The van der Waals surface area contributed by atoms with Crippen LogP contribution in [0.15, 0.2) is 35.7 Å². The number of thiazole rings is 1. The Morgan fingerprint density at radius 3 is 2.67 bits per heavy atom. The summed E-state index contributed by atoms with van der Waals surface area (Å²) in [7, 11) is 0. The average molecular weight is 347 g/mol. The number of carbonyl (C=O) groups is 1. The third-order valence-corrected chi connectivity index (χ3v) is 4.83.